The number of carboxylic acid groups (broad SMARTS) is 2. The minimum absolute atomic E-state index is 0.120. The summed E-state index contributed by atoms with van der Waals surface area (Å²) in [7, 11) is 0. The number of amides is 2. The van der Waals surface area contributed by atoms with Crippen LogP contribution in [0, 0.1) is 0 Å². The molecular weight excluding hydrogens is 398 g/mol. The minimum Gasteiger partial charge on any atom is -0.478 e. The summed E-state index contributed by atoms with van der Waals surface area (Å²) in [6, 6.07) is 5.27. The maximum absolute atomic E-state index is 12.8. The van der Waals surface area contributed by atoms with Crippen LogP contribution in [0.15, 0.2) is 47.2 Å². The van der Waals surface area contributed by atoms with Crippen LogP contribution in [-0.2, 0) is 14.4 Å². The number of carbonyl (C=O) groups excluding carboxylic acids is 2. The topological polar surface area (TPSA) is 141 Å². The van der Waals surface area contributed by atoms with Gasteiger partial charge in [-0.25, -0.2) is 9.59 Å². The number of β-lactam (4-membered cyclic amide) rings is 1. The lowest BCUT2D eigenvalue weighted by Crippen LogP contribution is -2.68. The van der Waals surface area contributed by atoms with Crippen LogP contribution in [0.3, 0.4) is 0 Å². The van der Waals surface area contributed by atoms with Crippen molar-refractivity contribution in [3.63, 3.8) is 0 Å². The van der Waals surface area contributed by atoms with Gasteiger partial charge in [0.1, 0.15) is 17.1 Å². The summed E-state index contributed by atoms with van der Waals surface area (Å²) in [5.41, 5.74) is 7.16. The third-order valence-corrected chi connectivity index (χ3v) is 6.46. The number of carboxylic acids is 2. The number of nitrogens with zero attached hydrogens (tertiary/aromatic N) is 2. The van der Waals surface area contributed by atoms with E-state index in [0.29, 0.717) is 35.6 Å². The van der Waals surface area contributed by atoms with Crippen LogP contribution in [-0.4, -0.2) is 62.6 Å². The first-order chi connectivity index (χ1) is 13.8. The molecule has 1 aromatic rings. The van der Waals surface area contributed by atoms with E-state index in [4.69, 9.17) is 10.8 Å². The molecule has 9 nitrogen and oxygen atoms in total. The van der Waals surface area contributed by atoms with Gasteiger partial charge >= 0.3 is 11.9 Å². The van der Waals surface area contributed by atoms with Crippen LogP contribution >= 0.6 is 11.8 Å². The van der Waals surface area contributed by atoms with Gasteiger partial charge in [0.05, 0.1) is 5.56 Å². The van der Waals surface area contributed by atoms with E-state index >= 15 is 0 Å². The molecule has 0 aliphatic carbocycles. The molecule has 2 fully saturated rings. The van der Waals surface area contributed by atoms with Gasteiger partial charge in [-0.3, -0.25) is 14.5 Å². The summed E-state index contributed by atoms with van der Waals surface area (Å²) in [6.07, 6.45) is 1.97. The van der Waals surface area contributed by atoms with Gasteiger partial charge < -0.3 is 20.8 Å². The van der Waals surface area contributed by atoms with Crippen molar-refractivity contribution < 1.29 is 29.4 Å². The van der Waals surface area contributed by atoms with Gasteiger partial charge in [0, 0.05) is 23.6 Å². The Morgan fingerprint density at radius 2 is 1.83 bits per heavy atom. The number of carbonyl (C=O) groups is 4. The van der Waals surface area contributed by atoms with Crippen molar-refractivity contribution in [2.45, 2.75) is 17.8 Å². The molecule has 0 radical (unpaired) electrons. The zero-order valence-electron chi connectivity index (χ0n) is 15.1. The Labute approximate surface area is 169 Å². The average Bonchev–Trinajstić information content (AvgIpc) is 3.07. The number of hydrogen-bond acceptors (Lipinski definition) is 6. The second kappa shape index (κ2) is 7.05. The predicted molar refractivity (Wildman–Crippen MR) is 104 cm³/mol. The summed E-state index contributed by atoms with van der Waals surface area (Å²) < 4.78 is 0. The van der Waals surface area contributed by atoms with E-state index < -0.39 is 23.9 Å². The van der Waals surface area contributed by atoms with Crippen LogP contribution in [0.5, 0.6) is 0 Å². The SMILES string of the molecule is NC1C(=O)N2C(C(=O)O)=C(/C=C3\CCN(c4ccc(C(=O)O)cc4)C3=O)CSC12. The molecule has 0 bridgehead atoms. The number of allylic oxidation sites excluding steroid dienone is 1. The standard InChI is InChI=1S/C19H17N3O6S/c20-13-16(24)22-14(19(27)28)11(8-29-17(13)22)7-10-5-6-21(15(10)23)12-3-1-9(2-4-12)18(25)26/h1-4,7,13,17H,5-6,8,20H2,(H,25,26)(H,27,28)/b10-7+. The van der Waals surface area contributed by atoms with Gasteiger partial charge in [-0.1, -0.05) is 0 Å². The highest BCUT2D eigenvalue weighted by Gasteiger charge is 2.51. The van der Waals surface area contributed by atoms with Gasteiger partial charge in [0.15, 0.2) is 0 Å². The number of nitrogens with two attached hydrogens (primary N) is 1. The van der Waals surface area contributed by atoms with Crippen molar-refractivity contribution in [2.75, 3.05) is 17.2 Å². The molecule has 0 spiro atoms. The summed E-state index contributed by atoms with van der Waals surface area (Å²) in [4.78, 5) is 50.3. The van der Waals surface area contributed by atoms with Gasteiger partial charge in [-0.15, -0.1) is 11.8 Å². The molecule has 0 aromatic heterocycles. The fourth-order valence-corrected chi connectivity index (χ4v) is 4.89. The quantitative estimate of drug-likeness (QED) is 0.480. The Hall–Kier alpha value is -3.11. The lowest BCUT2D eigenvalue weighted by atomic mass is 10.0. The summed E-state index contributed by atoms with van der Waals surface area (Å²) in [6.45, 7) is 0.399. The normalized spacial score (nSPS) is 25.3. The van der Waals surface area contributed by atoms with E-state index in [9.17, 15) is 24.3 Å². The monoisotopic (exact) mass is 415 g/mol. The van der Waals surface area contributed by atoms with Crippen molar-refractivity contribution in [1.82, 2.24) is 4.90 Å². The molecule has 2 saturated heterocycles. The van der Waals surface area contributed by atoms with Crippen molar-refractivity contribution in [2.24, 2.45) is 5.73 Å². The van der Waals surface area contributed by atoms with Crippen LogP contribution in [0.4, 0.5) is 5.69 Å². The van der Waals surface area contributed by atoms with Gasteiger partial charge in [0.25, 0.3) is 5.91 Å². The zero-order valence-corrected chi connectivity index (χ0v) is 15.9. The molecule has 2 atom stereocenters. The Morgan fingerprint density at radius 1 is 1.14 bits per heavy atom. The highest BCUT2D eigenvalue weighted by molar-refractivity contribution is 8.00. The average molecular weight is 415 g/mol. The number of aromatic carboxylic acids is 1. The second-order valence-corrected chi connectivity index (χ2v) is 7.95. The van der Waals surface area contributed by atoms with Gasteiger partial charge in [-0.05, 0) is 42.3 Å². The Morgan fingerprint density at radius 3 is 2.45 bits per heavy atom. The first-order valence-electron chi connectivity index (χ1n) is 8.82. The van der Waals surface area contributed by atoms with Crippen LogP contribution in [0.2, 0.25) is 0 Å². The third-order valence-electron chi connectivity index (χ3n) is 5.14. The molecule has 4 rings (SSSR count). The third kappa shape index (κ3) is 3.10. The smallest absolute Gasteiger partial charge is 0.352 e. The minimum atomic E-state index is -1.23. The first-order valence-corrected chi connectivity index (χ1v) is 9.87. The lowest BCUT2D eigenvalue weighted by Gasteiger charge is -2.47. The van der Waals surface area contributed by atoms with Crippen molar-refractivity contribution in [1.29, 1.82) is 0 Å². The molecule has 150 valence electrons. The first kappa shape index (κ1) is 19.2. The molecule has 1 aromatic carbocycles. The maximum atomic E-state index is 12.8. The second-order valence-electron chi connectivity index (χ2n) is 6.84. The van der Waals surface area contributed by atoms with Crippen LogP contribution in [0.1, 0.15) is 16.8 Å². The zero-order chi connectivity index (χ0) is 20.9. The number of benzene rings is 1. The highest BCUT2D eigenvalue weighted by atomic mass is 32.2. The van der Waals surface area contributed by atoms with Crippen LogP contribution in [0.25, 0.3) is 0 Å². The fourth-order valence-electron chi connectivity index (χ4n) is 3.64. The Balaban J connectivity index is 1.61. The predicted octanol–water partition coefficient (Wildman–Crippen LogP) is 0.629. The number of rotatable bonds is 4. The van der Waals surface area contributed by atoms with Gasteiger partial charge in [0.2, 0.25) is 5.91 Å². The van der Waals surface area contributed by atoms with E-state index in [1.54, 1.807) is 18.2 Å². The molecule has 3 aliphatic heterocycles. The molecule has 3 aliphatic rings. The Kier molecular flexibility index (Phi) is 4.67. The van der Waals surface area contributed by atoms with E-state index in [-0.39, 0.29) is 22.5 Å². The molecule has 10 heteroatoms. The van der Waals surface area contributed by atoms with Crippen LogP contribution < -0.4 is 10.6 Å². The van der Waals surface area contributed by atoms with E-state index in [2.05, 4.69) is 0 Å². The number of fused-ring (bicyclic) bond motifs is 1. The molecule has 3 heterocycles. The highest BCUT2D eigenvalue weighted by Crippen LogP contribution is 2.40. The summed E-state index contributed by atoms with van der Waals surface area (Å²) in [5.74, 6) is -2.65. The molecule has 4 N–H and O–H groups in total. The van der Waals surface area contributed by atoms with E-state index in [1.807, 2.05) is 0 Å². The summed E-state index contributed by atoms with van der Waals surface area (Å²) in [5, 5.41) is 18.2. The molecule has 2 unspecified atom stereocenters. The molecule has 29 heavy (non-hydrogen) atoms. The summed E-state index contributed by atoms with van der Waals surface area (Å²) >= 11 is 1.37. The van der Waals surface area contributed by atoms with Crippen molar-refractivity contribution in [3.8, 4) is 0 Å². The van der Waals surface area contributed by atoms with Gasteiger partial charge in [-0.2, -0.15) is 0 Å². The number of aliphatic carboxylic acids is 1. The lowest BCUT2D eigenvalue weighted by molar-refractivity contribution is -0.147. The van der Waals surface area contributed by atoms with Crippen molar-refractivity contribution >= 4 is 41.2 Å². The Bertz CT molecular complexity index is 1000. The number of thioether (sulfide) groups is 1. The largest absolute Gasteiger partial charge is 0.478 e. The fraction of sp³-hybridized carbons (Fsp3) is 0.263. The van der Waals surface area contributed by atoms with Crippen molar-refractivity contribution in [3.05, 3.63) is 52.7 Å². The maximum Gasteiger partial charge on any atom is 0.352 e. The molecular formula is C19H17N3O6S. The molecule has 2 amide bonds. The number of hydrogen-bond donors (Lipinski definition) is 3. The van der Waals surface area contributed by atoms with E-state index in [1.165, 1.54) is 33.7 Å². The van der Waals surface area contributed by atoms with E-state index in [0.717, 1.165) is 0 Å². The number of anilines is 1. The molecule has 0 saturated carbocycles.